The van der Waals surface area contributed by atoms with E-state index in [4.69, 9.17) is 4.74 Å². The van der Waals surface area contributed by atoms with Gasteiger partial charge in [-0.1, -0.05) is 428 Å². The first-order valence-electron chi connectivity index (χ1n) is 43.4. The number of hydrogen-bond donors (Lipinski definition) is 3. The van der Waals surface area contributed by atoms with Gasteiger partial charge in [0, 0.05) is 12.8 Å². The first kappa shape index (κ1) is 92.8. The zero-order valence-corrected chi connectivity index (χ0v) is 64.4. The Morgan fingerprint density at radius 2 is 0.526 bits per heavy atom. The maximum atomic E-state index is 12.6. The Morgan fingerprint density at radius 3 is 0.811 bits per heavy atom. The zero-order chi connectivity index (χ0) is 68.4. The van der Waals surface area contributed by atoms with Crippen LogP contribution in [-0.2, 0) is 14.3 Å². The predicted molar refractivity (Wildman–Crippen MR) is 421 cm³/mol. The Kier molecular flexibility index (Phi) is 82.3. The minimum Gasteiger partial charge on any atom is -0.466 e. The van der Waals surface area contributed by atoms with Crippen LogP contribution in [0.25, 0.3) is 0 Å². The molecule has 0 rings (SSSR count). The summed E-state index contributed by atoms with van der Waals surface area (Å²) in [5.41, 5.74) is 0. The lowest BCUT2D eigenvalue weighted by molar-refractivity contribution is -0.143. The van der Waals surface area contributed by atoms with Gasteiger partial charge in [-0.25, -0.2) is 0 Å². The summed E-state index contributed by atoms with van der Waals surface area (Å²) >= 11 is 0. The molecule has 95 heavy (non-hydrogen) atoms. The molecule has 0 bridgehead atoms. The van der Waals surface area contributed by atoms with E-state index in [2.05, 4.69) is 67.8 Å². The average Bonchev–Trinajstić information content (AvgIpc) is 2.97. The SMILES string of the molecule is CCCCCC/C=C\C/C=C\CCCCCCCC(=O)OCCCCCCCCCCCCCCC/C=C\C/C=C\CCCCCCCCCCCCCCCCCCCC(=O)NC(CO)C(O)CCCCCCCCCCCCCCCCCCCCCCCCCCC. The molecular formula is C89H169NO5. The molecule has 0 radical (unpaired) electrons. The van der Waals surface area contributed by atoms with E-state index in [-0.39, 0.29) is 18.5 Å². The third kappa shape index (κ3) is 80.7. The Balaban J connectivity index is 3.37. The molecule has 0 aromatic heterocycles. The van der Waals surface area contributed by atoms with Crippen molar-refractivity contribution in [2.75, 3.05) is 13.2 Å². The lowest BCUT2D eigenvalue weighted by Crippen LogP contribution is -2.45. The van der Waals surface area contributed by atoms with Crippen LogP contribution in [0.3, 0.4) is 0 Å². The second-order valence-corrected chi connectivity index (χ2v) is 29.9. The summed E-state index contributed by atoms with van der Waals surface area (Å²) < 4.78 is 5.50. The number of unbranched alkanes of at least 4 members (excludes halogenated alkanes) is 63. The van der Waals surface area contributed by atoms with Gasteiger partial charge in [-0.15, -0.1) is 0 Å². The normalized spacial score (nSPS) is 12.7. The van der Waals surface area contributed by atoms with Crippen LogP contribution in [0.2, 0.25) is 0 Å². The number of allylic oxidation sites excluding steroid dienone is 8. The number of nitrogens with one attached hydrogen (secondary N) is 1. The van der Waals surface area contributed by atoms with Crippen LogP contribution in [-0.4, -0.2) is 47.4 Å². The molecular weight excluding hydrogens is 1160 g/mol. The third-order valence-electron chi connectivity index (χ3n) is 20.4. The number of esters is 1. The molecule has 560 valence electrons. The minimum atomic E-state index is -0.665. The van der Waals surface area contributed by atoms with Gasteiger partial charge >= 0.3 is 5.97 Å². The molecule has 0 aromatic carbocycles. The van der Waals surface area contributed by atoms with Gasteiger partial charge in [-0.2, -0.15) is 0 Å². The van der Waals surface area contributed by atoms with Crippen LogP contribution in [0.1, 0.15) is 483 Å². The summed E-state index contributed by atoms with van der Waals surface area (Å²) in [7, 11) is 0. The van der Waals surface area contributed by atoms with E-state index in [0.717, 1.165) is 57.8 Å². The van der Waals surface area contributed by atoms with Gasteiger partial charge in [0.1, 0.15) is 0 Å². The average molecular weight is 1330 g/mol. The number of ether oxygens (including phenoxy) is 1. The van der Waals surface area contributed by atoms with Crippen molar-refractivity contribution in [3.8, 4) is 0 Å². The summed E-state index contributed by atoms with van der Waals surface area (Å²) in [6.45, 7) is 4.98. The van der Waals surface area contributed by atoms with Crippen molar-refractivity contribution in [1.82, 2.24) is 5.32 Å². The molecule has 0 aromatic rings. The topological polar surface area (TPSA) is 95.9 Å². The van der Waals surface area contributed by atoms with Crippen molar-refractivity contribution in [2.45, 2.75) is 495 Å². The smallest absolute Gasteiger partial charge is 0.305 e. The maximum absolute atomic E-state index is 12.6. The summed E-state index contributed by atoms with van der Waals surface area (Å²) in [5.74, 6) is -0.0205. The van der Waals surface area contributed by atoms with Gasteiger partial charge in [0.25, 0.3) is 0 Å². The Morgan fingerprint density at radius 1 is 0.295 bits per heavy atom. The number of carbonyl (C=O) groups is 2. The summed E-state index contributed by atoms with van der Waals surface area (Å²) in [5, 5.41) is 23.5. The lowest BCUT2D eigenvalue weighted by Gasteiger charge is -2.22. The molecule has 0 fully saturated rings. The Hall–Kier alpha value is -2.18. The quantitative estimate of drug-likeness (QED) is 0.0320. The number of aliphatic hydroxyl groups excluding tert-OH is 2. The molecule has 2 unspecified atom stereocenters. The van der Waals surface area contributed by atoms with Crippen molar-refractivity contribution in [1.29, 1.82) is 0 Å². The first-order chi connectivity index (χ1) is 47.0. The summed E-state index contributed by atoms with van der Waals surface area (Å²) in [6, 6.07) is -0.542. The third-order valence-corrected chi connectivity index (χ3v) is 20.4. The standard InChI is InChI=1S/C89H169NO5/c1-3-5-7-9-11-13-15-17-19-21-22-23-24-38-41-44-47-50-53-57-61-65-69-73-77-81-87(92)86(85-91)90-88(93)82-78-74-70-66-62-58-54-51-48-45-42-39-36-34-32-30-28-26-25-27-29-31-33-35-37-40-43-46-49-52-56-60-64-68-72-76-80-84-95-89(94)83-79-75-71-67-63-59-55-20-18-16-14-12-10-8-6-4-2/h14,16,20,25,27,31,33,55,86-87,91-92H,3-13,15,17-19,21-24,26,28-30,32,34-54,56-85H2,1-2H3,(H,90,93)/b16-14-,27-25-,33-31-,55-20-. The van der Waals surface area contributed by atoms with Crippen molar-refractivity contribution >= 4 is 11.9 Å². The van der Waals surface area contributed by atoms with Crippen LogP contribution in [0.5, 0.6) is 0 Å². The number of hydrogen-bond acceptors (Lipinski definition) is 5. The van der Waals surface area contributed by atoms with E-state index in [1.54, 1.807) is 0 Å². The molecule has 0 heterocycles. The molecule has 0 aliphatic heterocycles. The van der Waals surface area contributed by atoms with Gasteiger partial charge < -0.3 is 20.3 Å². The molecule has 1 amide bonds. The predicted octanol–water partition coefficient (Wildman–Crippen LogP) is 29.1. The van der Waals surface area contributed by atoms with E-state index < -0.39 is 12.1 Å². The molecule has 0 saturated carbocycles. The molecule has 0 saturated heterocycles. The molecule has 3 N–H and O–H groups in total. The van der Waals surface area contributed by atoms with Crippen molar-refractivity contribution < 1.29 is 24.5 Å². The van der Waals surface area contributed by atoms with Crippen LogP contribution in [0, 0.1) is 0 Å². The highest BCUT2D eigenvalue weighted by Gasteiger charge is 2.20. The number of aliphatic hydroxyl groups is 2. The molecule has 0 spiro atoms. The minimum absolute atomic E-state index is 0.00592. The highest BCUT2D eigenvalue weighted by Crippen LogP contribution is 2.20. The number of carbonyl (C=O) groups excluding carboxylic acids is 2. The van der Waals surface area contributed by atoms with Crippen LogP contribution in [0.15, 0.2) is 48.6 Å². The van der Waals surface area contributed by atoms with Crippen molar-refractivity contribution in [3.63, 3.8) is 0 Å². The van der Waals surface area contributed by atoms with Crippen LogP contribution >= 0.6 is 0 Å². The van der Waals surface area contributed by atoms with Crippen LogP contribution in [0.4, 0.5) is 0 Å². The summed E-state index contributed by atoms with van der Waals surface area (Å²) in [6.07, 6.45) is 112. The van der Waals surface area contributed by atoms with Gasteiger partial charge in [0.2, 0.25) is 5.91 Å². The monoisotopic (exact) mass is 1330 g/mol. The van der Waals surface area contributed by atoms with E-state index >= 15 is 0 Å². The highest BCUT2D eigenvalue weighted by molar-refractivity contribution is 5.76. The number of rotatable bonds is 82. The molecule has 2 atom stereocenters. The number of amides is 1. The van der Waals surface area contributed by atoms with Gasteiger partial charge in [0.05, 0.1) is 25.4 Å². The fourth-order valence-electron chi connectivity index (χ4n) is 13.8. The summed E-state index contributed by atoms with van der Waals surface area (Å²) in [4.78, 5) is 24.7. The second-order valence-electron chi connectivity index (χ2n) is 29.9. The van der Waals surface area contributed by atoms with Gasteiger partial charge in [-0.05, 0) is 89.9 Å². The molecule has 6 nitrogen and oxygen atoms in total. The van der Waals surface area contributed by atoms with Gasteiger partial charge in [0.15, 0.2) is 0 Å². The van der Waals surface area contributed by atoms with E-state index in [1.165, 1.54) is 392 Å². The van der Waals surface area contributed by atoms with E-state index in [0.29, 0.717) is 25.9 Å². The van der Waals surface area contributed by atoms with E-state index in [9.17, 15) is 19.8 Å². The highest BCUT2D eigenvalue weighted by atomic mass is 16.5. The largest absolute Gasteiger partial charge is 0.466 e. The Labute approximate surface area is 595 Å². The first-order valence-corrected chi connectivity index (χ1v) is 43.4. The molecule has 0 aliphatic carbocycles. The fourth-order valence-corrected chi connectivity index (χ4v) is 13.8. The van der Waals surface area contributed by atoms with E-state index in [1.807, 2.05) is 0 Å². The van der Waals surface area contributed by atoms with Crippen LogP contribution < -0.4 is 5.32 Å². The second kappa shape index (κ2) is 84.2. The maximum Gasteiger partial charge on any atom is 0.305 e. The van der Waals surface area contributed by atoms with Crippen molar-refractivity contribution in [3.05, 3.63) is 48.6 Å². The fraction of sp³-hybridized carbons (Fsp3) is 0.888. The molecule has 0 aliphatic rings. The Bertz CT molecular complexity index is 1590. The van der Waals surface area contributed by atoms with Crippen molar-refractivity contribution in [2.24, 2.45) is 0 Å². The van der Waals surface area contributed by atoms with Gasteiger partial charge in [-0.3, -0.25) is 9.59 Å². The molecule has 6 heteroatoms. The zero-order valence-electron chi connectivity index (χ0n) is 64.4. The lowest BCUT2D eigenvalue weighted by atomic mass is 10.0.